The van der Waals surface area contributed by atoms with Gasteiger partial charge in [-0.3, -0.25) is 4.79 Å². The van der Waals surface area contributed by atoms with E-state index in [1.165, 1.54) is 6.42 Å². The van der Waals surface area contributed by atoms with Crippen molar-refractivity contribution in [2.45, 2.75) is 19.4 Å². The van der Waals surface area contributed by atoms with Gasteiger partial charge in [0.2, 0.25) is 5.91 Å². The van der Waals surface area contributed by atoms with Gasteiger partial charge in [-0.15, -0.1) is 0 Å². The Bertz CT molecular complexity index is 181. The van der Waals surface area contributed by atoms with Gasteiger partial charge in [-0.1, -0.05) is 0 Å². The summed E-state index contributed by atoms with van der Waals surface area (Å²) < 4.78 is 0. The number of carbonyl (C=O) groups is 1. The van der Waals surface area contributed by atoms with Crippen LogP contribution in [0.1, 0.15) is 13.3 Å². The van der Waals surface area contributed by atoms with Crippen LogP contribution in [0, 0.1) is 5.92 Å². The lowest BCUT2D eigenvalue weighted by Gasteiger charge is -2.50. The molecule has 0 aromatic rings. The fraction of sp³-hybridized carbons (Fsp3) is 0.875. The van der Waals surface area contributed by atoms with Crippen molar-refractivity contribution in [1.29, 1.82) is 0 Å². The Balaban J connectivity index is 1.96. The van der Waals surface area contributed by atoms with Crippen LogP contribution < -0.4 is 5.32 Å². The van der Waals surface area contributed by atoms with Gasteiger partial charge in [0.25, 0.3) is 0 Å². The number of hydrogen-bond acceptors (Lipinski definition) is 2. The average Bonchev–Trinajstić information content (AvgIpc) is 1.90. The smallest absolute Gasteiger partial charge is 0.219 e. The monoisotopic (exact) mass is 154 g/mol. The van der Waals surface area contributed by atoms with Gasteiger partial charge in [0.15, 0.2) is 0 Å². The number of nitrogens with zero attached hydrogens (tertiary/aromatic N) is 1. The number of hydrogen-bond donors (Lipinski definition) is 1. The van der Waals surface area contributed by atoms with Crippen LogP contribution in [0.25, 0.3) is 0 Å². The van der Waals surface area contributed by atoms with Crippen LogP contribution in [0.3, 0.4) is 0 Å². The lowest BCUT2D eigenvalue weighted by atomic mass is 9.83. The van der Waals surface area contributed by atoms with E-state index in [0.717, 1.165) is 25.6 Å². The number of likely N-dealkylation sites (tertiary alicyclic amines) is 1. The lowest BCUT2D eigenvalue weighted by molar-refractivity contribution is -0.142. The maximum atomic E-state index is 11.0. The van der Waals surface area contributed by atoms with E-state index in [-0.39, 0.29) is 5.91 Å². The number of piperidine rings is 1. The minimum atomic E-state index is 0.231. The van der Waals surface area contributed by atoms with Gasteiger partial charge in [0.05, 0.1) is 0 Å². The van der Waals surface area contributed by atoms with Crippen molar-refractivity contribution >= 4 is 5.91 Å². The van der Waals surface area contributed by atoms with Gasteiger partial charge in [0, 0.05) is 26.1 Å². The molecule has 2 saturated heterocycles. The van der Waals surface area contributed by atoms with E-state index in [9.17, 15) is 4.79 Å². The number of amides is 1. The highest BCUT2D eigenvalue weighted by atomic mass is 16.2. The summed E-state index contributed by atoms with van der Waals surface area (Å²) in [6.07, 6.45) is 1.24. The second-order valence-corrected chi connectivity index (χ2v) is 3.49. The second-order valence-electron chi connectivity index (χ2n) is 3.49. The van der Waals surface area contributed by atoms with E-state index in [2.05, 4.69) is 5.32 Å². The minimum Gasteiger partial charge on any atom is -0.338 e. The van der Waals surface area contributed by atoms with Crippen molar-refractivity contribution in [1.82, 2.24) is 10.2 Å². The first kappa shape index (κ1) is 7.10. The summed E-state index contributed by atoms with van der Waals surface area (Å²) in [5, 5.41) is 3.31. The van der Waals surface area contributed by atoms with Crippen LogP contribution in [0.15, 0.2) is 0 Å². The third-order valence-electron chi connectivity index (χ3n) is 2.83. The standard InChI is InChI=1S/C8H14N2O/c1-6(11)10-5-7-2-3-9-4-8(7)10/h7-9H,2-5H2,1H3. The molecule has 0 aromatic heterocycles. The Morgan fingerprint density at radius 2 is 2.45 bits per heavy atom. The minimum absolute atomic E-state index is 0.231. The zero-order valence-corrected chi connectivity index (χ0v) is 6.84. The predicted octanol–water partition coefficient (Wildman–Crippen LogP) is -0.173. The average molecular weight is 154 g/mol. The van der Waals surface area contributed by atoms with E-state index in [1.807, 2.05) is 4.90 Å². The molecule has 2 aliphatic rings. The van der Waals surface area contributed by atoms with Gasteiger partial charge in [-0.05, 0) is 18.9 Å². The van der Waals surface area contributed by atoms with Crippen molar-refractivity contribution in [3.63, 3.8) is 0 Å². The zero-order chi connectivity index (χ0) is 7.84. The Labute approximate surface area is 66.8 Å². The van der Waals surface area contributed by atoms with Gasteiger partial charge < -0.3 is 10.2 Å². The molecule has 11 heavy (non-hydrogen) atoms. The van der Waals surface area contributed by atoms with Gasteiger partial charge >= 0.3 is 0 Å². The van der Waals surface area contributed by atoms with Gasteiger partial charge in [0.1, 0.15) is 0 Å². The summed E-state index contributed by atoms with van der Waals surface area (Å²) in [6, 6.07) is 0.515. The van der Waals surface area contributed by atoms with Gasteiger partial charge in [-0.2, -0.15) is 0 Å². The molecule has 0 saturated carbocycles. The van der Waals surface area contributed by atoms with Crippen molar-refractivity contribution < 1.29 is 4.79 Å². The maximum Gasteiger partial charge on any atom is 0.219 e. The number of rotatable bonds is 0. The van der Waals surface area contributed by atoms with Crippen LogP contribution in [-0.2, 0) is 4.79 Å². The van der Waals surface area contributed by atoms with Crippen LogP contribution in [-0.4, -0.2) is 36.5 Å². The third-order valence-corrected chi connectivity index (χ3v) is 2.83. The van der Waals surface area contributed by atoms with E-state index < -0.39 is 0 Å². The Hall–Kier alpha value is -0.570. The molecule has 0 spiro atoms. The lowest BCUT2D eigenvalue weighted by Crippen LogP contribution is -2.64. The molecule has 2 fully saturated rings. The first-order chi connectivity index (χ1) is 5.29. The summed E-state index contributed by atoms with van der Waals surface area (Å²) in [4.78, 5) is 12.9. The van der Waals surface area contributed by atoms with Crippen LogP contribution >= 0.6 is 0 Å². The molecule has 0 radical (unpaired) electrons. The summed E-state index contributed by atoms with van der Waals surface area (Å²) in [5.74, 6) is 1.02. The number of nitrogens with one attached hydrogen (secondary N) is 1. The molecular formula is C8H14N2O. The van der Waals surface area contributed by atoms with Crippen molar-refractivity contribution in [2.75, 3.05) is 19.6 Å². The van der Waals surface area contributed by atoms with E-state index in [1.54, 1.807) is 6.92 Å². The maximum absolute atomic E-state index is 11.0. The van der Waals surface area contributed by atoms with Crippen molar-refractivity contribution in [3.8, 4) is 0 Å². The zero-order valence-electron chi connectivity index (χ0n) is 6.84. The van der Waals surface area contributed by atoms with E-state index >= 15 is 0 Å². The normalized spacial score (nSPS) is 35.9. The van der Waals surface area contributed by atoms with Crippen LogP contribution in [0.2, 0.25) is 0 Å². The molecule has 3 heteroatoms. The molecule has 2 heterocycles. The Morgan fingerprint density at radius 3 is 3.09 bits per heavy atom. The highest BCUT2D eigenvalue weighted by Crippen LogP contribution is 2.29. The summed E-state index contributed by atoms with van der Waals surface area (Å²) in [5.41, 5.74) is 0. The first-order valence-electron chi connectivity index (χ1n) is 4.27. The highest BCUT2D eigenvalue weighted by Gasteiger charge is 2.41. The van der Waals surface area contributed by atoms with Crippen molar-refractivity contribution in [2.24, 2.45) is 5.92 Å². The highest BCUT2D eigenvalue weighted by molar-refractivity contribution is 5.74. The molecule has 0 aromatic carbocycles. The third kappa shape index (κ3) is 1.03. The summed E-state index contributed by atoms with van der Waals surface area (Å²) in [7, 11) is 0. The topological polar surface area (TPSA) is 32.3 Å². The van der Waals surface area contributed by atoms with Crippen LogP contribution in [0.5, 0.6) is 0 Å². The van der Waals surface area contributed by atoms with Crippen LogP contribution in [0.4, 0.5) is 0 Å². The fourth-order valence-electron chi connectivity index (χ4n) is 2.09. The summed E-state index contributed by atoms with van der Waals surface area (Å²) in [6.45, 7) is 4.80. The molecule has 62 valence electrons. The van der Waals surface area contributed by atoms with E-state index in [4.69, 9.17) is 0 Å². The molecule has 2 atom stereocenters. The predicted molar refractivity (Wildman–Crippen MR) is 42.2 cm³/mol. The number of carbonyl (C=O) groups excluding carboxylic acids is 1. The molecular weight excluding hydrogens is 140 g/mol. The van der Waals surface area contributed by atoms with Crippen molar-refractivity contribution in [3.05, 3.63) is 0 Å². The molecule has 2 aliphatic heterocycles. The summed E-state index contributed by atoms with van der Waals surface area (Å²) >= 11 is 0. The molecule has 1 amide bonds. The molecule has 0 aliphatic carbocycles. The molecule has 2 rings (SSSR count). The Kier molecular flexibility index (Phi) is 1.60. The SMILES string of the molecule is CC(=O)N1CC2CCNCC21. The van der Waals surface area contributed by atoms with Gasteiger partial charge in [-0.25, -0.2) is 0 Å². The van der Waals surface area contributed by atoms with E-state index in [0.29, 0.717) is 6.04 Å². The molecule has 2 unspecified atom stereocenters. The largest absolute Gasteiger partial charge is 0.338 e. The molecule has 1 N–H and O–H groups in total. The first-order valence-corrected chi connectivity index (χ1v) is 4.27. The fourth-order valence-corrected chi connectivity index (χ4v) is 2.09. The Morgan fingerprint density at radius 1 is 1.64 bits per heavy atom. The molecule has 3 nitrogen and oxygen atoms in total. The molecule has 0 bridgehead atoms. The second kappa shape index (κ2) is 2.48. The quantitative estimate of drug-likeness (QED) is 0.525. The number of fused-ring (bicyclic) bond motifs is 1.